The maximum absolute atomic E-state index is 14.0. The summed E-state index contributed by atoms with van der Waals surface area (Å²) in [4.78, 5) is 24.2. The van der Waals surface area contributed by atoms with Crippen LogP contribution in [0.4, 0.5) is 10.2 Å². The molecule has 1 amide bonds. The second-order valence-electron chi connectivity index (χ2n) is 7.65. The Kier molecular flexibility index (Phi) is 6.62. The molecule has 1 N–H and O–H groups in total. The Hall–Kier alpha value is -2.39. The second kappa shape index (κ2) is 9.40. The Morgan fingerprint density at radius 3 is 2.77 bits per heavy atom. The molecule has 1 saturated heterocycles. The lowest BCUT2D eigenvalue weighted by atomic mass is 10.2. The Labute approximate surface area is 189 Å². The summed E-state index contributed by atoms with van der Waals surface area (Å²) in [7, 11) is 0. The third-order valence-corrected chi connectivity index (χ3v) is 6.18. The molecule has 0 radical (unpaired) electrons. The predicted molar refractivity (Wildman–Crippen MR) is 122 cm³/mol. The molecule has 1 aliphatic rings. The molecule has 1 fully saturated rings. The van der Waals surface area contributed by atoms with Crippen LogP contribution >= 0.6 is 23.4 Å². The predicted octanol–water partition coefficient (Wildman–Crippen LogP) is 4.15. The van der Waals surface area contributed by atoms with Crippen LogP contribution in [0.5, 0.6) is 0 Å². The monoisotopic (exact) mass is 462 g/mol. The zero-order chi connectivity index (χ0) is 22.0. The Morgan fingerprint density at radius 2 is 2.06 bits per heavy atom. The highest BCUT2D eigenvalue weighted by molar-refractivity contribution is 7.99. The van der Waals surface area contributed by atoms with Gasteiger partial charge in [-0.15, -0.1) is 0 Å². The number of rotatable bonds is 7. The lowest BCUT2D eigenvalue weighted by Crippen LogP contribution is -2.28. The fraction of sp³-hybridized carbons (Fsp3) is 0.429. The van der Waals surface area contributed by atoms with E-state index in [1.165, 1.54) is 18.2 Å². The number of hydrogen-bond acceptors (Lipinski definition) is 6. The number of anilines is 1. The average Bonchev–Trinajstić information content (AvgIpc) is 3.37. The molecule has 0 atom stereocenters. The minimum atomic E-state index is -0.645. The first kappa shape index (κ1) is 21.8. The second-order valence-corrected chi connectivity index (χ2v) is 9.60. The molecule has 31 heavy (non-hydrogen) atoms. The van der Waals surface area contributed by atoms with Gasteiger partial charge in [-0.05, 0) is 25.0 Å². The quantitative estimate of drug-likeness (QED) is 0.420. The molecule has 0 bridgehead atoms. The molecule has 164 valence electrons. The van der Waals surface area contributed by atoms with E-state index in [-0.39, 0.29) is 17.1 Å². The van der Waals surface area contributed by atoms with E-state index in [4.69, 9.17) is 21.6 Å². The molecule has 7 nitrogen and oxygen atoms in total. The summed E-state index contributed by atoms with van der Waals surface area (Å²) in [5, 5.41) is 9.25. The van der Waals surface area contributed by atoms with Gasteiger partial charge < -0.3 is 10.2 Å². The highest BCUT2D eigenvalue weighted by Gasteiger charge is 2.21. The minimum Gasteiger partial charge on any atom is -0.356 e. The van der Waals surface area contributed by atoms with Gasteiger partial charge in [-0.3, -0.25) is 4.79 Å². The Morgan fingerprint density at radius 1 is 1.29 bits per heavy atom. The number of fused-ring (bicyclic) bond motifs is 1. The molecular weight excluding hydrogens is 439 g/mol. The van der Waals surface area contributed by atoms with Crippen molar-refractivity contribution in [1.82, 2.24) is 25.1 Å². The fourth-order valence-electron chi connectivity index (χ4n) is 3.60. The number of carbonyl (C=O) groups excluding carboxylic acids is 1. The number of thioether (sulfide) groups is 1. The van der Waals surface area contributed by atoms with E-state index in [2.05, 4.69) is 29.2 Å². The maximum atomic E-state index is 14.0. The van der Waals surface area contributed by atoms with Crippen LogP contribution in [0.2, 0.25) is 5.02 Å². The molecule has 1 aliphatic heterocycles. The van der Waals surface area contributed by atoms with Crippen LogP contribution in [-0.2, 0) is 6.54 Å². The summed E-state index contributed by atoms with van der Waals surface area (Å²) in [6.07, 6.45) is 4.08. The van der Waals surface area contributed by atoms with Crippen molar-refractivity contribution in [3.05, 3.63) is 40.8 Å². The van der Waals surface area contributed by atoms with E-state index in [9.17, 15) is 9.18 Å². The summed E-state index contributed by atoms with van der Waals surface area (Å²) in [6, 6.07) is 4.17. The van der Waals surface area contributed by atoms with Crippen LogP contribution < -0.4 is 10.2 Å². The molecule has 2 aromatic heterocycles. The van der Waals surface area contributed by atoms with Gasteiger partial charge in [0.2, 0.25) is 0 Å². The van der Waals surface area contributed by atoms with Crippen LogP contribution in [0.3, 0.4) is 0 Å². The molecule has 4 rings (SSSR count). The lowest BCUT2D eigenvalue weighted by Gasteiger charge is -2.18. The third kappa shape index (κ3) is 4.77. The van der Waals surface area contributed by atoms with Gasteiger partial charge in [0.15, 0.2) is 10.8 Å². The summed E-state index contributed by atoms with van der Waals surface area (Å²) in [5.41, 5.74) is 0.585. The first-order valence-corrected chi connectivity index (χ1v) is 11.6. The number of carbonyl (C=O) groups is 1. The van der Waals surface area contributed by atoms with Crippen molar-refractivity contribution in [3.63, 3.8) is 0 Å². The number of hydrogen-bond donors (Lipinski definition) is 1. The zero-order valence-electron chi connectivity index (χ0n) is 17.4. The van der Waals surface area contributed by atoms with Crippen LogP contribution in [0.15, 0.2) is 29.6 Å². The first-order valence-electron chi connectivity index (χ1n) is 10.3. The van der Waals surface area contributed by atoms with Crippen molar-refractivity contribution >= 4 is 46.1 Å². The smallest absolute Gasteiger partial charge is 0.255 e. The molecule has 1 aromatic carbocycles. The van der Waals surface area contributed by atoms with Crippen molar-refractivity contribution in [2.24, 2.45) is 0 Å². The van der Waals surface area contributed by atoms with E-state index in [1.807, 2.05) is 0 Å². The number of nitrogens with zero attached hydrogens (tertiary/aromatic N) is 5. The largest absolute Gasteiger partial charge is 0.356 e. The molecule has 0 unspecified atom stereocenters. The summed E-state index contributed by atoms with van der Waals surface area (Å²) < 4.78 is 15.7. The molecule has 3 aromatic rings. The highest BCUT2D eigenvalue weighted by Crippen LogP contribution is 2.30. The molecule has 3 heterocycles. The van der Waals surface area contributed by atoms with Gasteiger partial charge in [-0.25, -0.2) is 19.0 Å². The van der Waals surface area contributed by atoms with Gasteiger partial charge in [0.25, 0.3) is 5.91 Å². The number of halogens is 2. The number of benzene rings is 1. The van der Waals surface area contributed by atoms with E-state index in [0.717, 1.165) is 42.8 Å². The molecular formula is C21H24ClFN6OS. The summed E-state index contributed by atoms with van der Waals surface area (Å²) >= 11 is 7.59. The topological polar surface area (TPSA) is 75.9 Å². The summed E-state index contributed by atoms with van der Waals surface area (Å²) in [6.45, 7) is 6.81. The van der Waals surface area contributed by atoms with Crippen LogP contribution in [0.25, 0.3) is 11.0 Å². The normalized spacial score (nSPS) is 14.0. The standard InChI is InChI=1S/C21H24ClFN6OS/c1-13(2)31-21-26-18(28-9-3-4-10-28)14-12-25-29(19(14)27-21)11-8-24-20(30)17-15(22)6-5-7-16(17)23/h5-7,12-13H,3-4,8-11H2,1-2H3,(H,24,30). The summed E-state index contributed by atoms with van der Waals surface area (Å²) in [5.74, 6) is -0.282. The van der Waals surface area contributed by atoms with Gasteiger partial charge in [0, 0.05) is 24.9 Å². The fourth-order valence-corrected chi connectivity index (χ4v) is 4.55. The lowest BCUT2D eigenvalue weighted by molar-refractivity contribution is 0.0948. The maximum Gasteiger partial charge on any atom is 0.255 e. The van der Waals surface area contributed by atoms with Gasteiger partial charge in [-0.1, -0.05) is 43.3 Å². The highest BCUT2D eigenvalue weighted by atomic mass is 35.5. The van der Waals surface area contributed by atoms with E-state index in [1.54, 1.807) is 22.6 Å². The van der Waals surface area contributed by atoms with Gasteiger partial charge in [0.1, 0.15) is 11.6 Å². The van der Waals surface area contributed by atoms with Crippen molar-refractivity contribution in [2.45, 2.75) is 43.6 Å². The van der Waals surface area contributed by atoms with E-state index in [0.29, 0.717) is 17.0 Å². The number of amides is 1. The molecule has 10 heteroatoms. The Bertz CT molecular complexity index is 1080. The molecule has 0 saturated carbocycles. The van der Waals surface area contributed by atoms with Crippen molar-refractivity contribution in [3.8, 4) is 0 Å². The van der Waals surface area contributed by atoms with Crippen molar-refractivity contribution in [1.29, 1.82) is 0 Å². The zero-order valence-corrected chi connectivity index (χ0v) is 19.0. The minimum absolute atomic E-state index is 0.0837. The number of aromatic nitrogens is 4. The van der Waals surface area contributed by atoms with Gasteiger partial charge in [-0.2, -0.15) is 5.10 Å². The van der Waals surface area contributed by atoms with Crippen LogP contribution in [0.1, 0.15) is 37.0 Å². The molecule has 0 aliphatic carbocycles. The van der Waals surface area contributed by atoms with Gasteiger partial charge >= 0.3 is 0 Å². The van der Waals surface area contributed by atoms with Crippen LogP contribution in [0, 0.1) is 5.82 Å². The average molecular weight is 463 g/mol. The van der Waals surface area contributed by atoms with E-state index < -0.39 is 11.7 Å². The first-order chi connectivity index (χ1) is 14.9. The Balaban J connectivity index is 1.55. The van der Waals surface area contributed by atoms with Crippen LogP contribution in [-0.4, -0.2) is 50.5 Å². The van der Waals surface area contributed by atoms with Gasteiger partial charge in [0.05, 0.1) is 28.7 Å². The van der Waals surface area contributed by atoms with Crippen molar-refractivity contribution in [2.75, 3.05) is 24.5 Å². The number of nitrogens with one attached hydrogen (secondary N) is 1. The molecule has 0 spiro atoms. The SMILES string of the molecule is CC(C)Sc1nc(N2CCCC2)c2cnn(CCNC(=O)c3c(F)cccc3Cl)c2n1. The third-order valence-electron chi connectivity index (χ3n) is 5.00. The van der Waals surface area contributed by atoms with E-state index >= 15 is 0 Å². The van der Waals surface area contributed by atoms with Crippen molar-refractivity contribution < 1.29 is 9.18 Å².